The lowest BCUT2D eigenvalue weighted by molar-refractivity contribution is -0.137. The van der Waals surface area contributed by atoms with E-state index >= 15 is 0 Å². The summed E-state index contributed by atoms with van der Waals surface area (Å²) in [5, 5.41) is 4.71. The fourth-order valence-corrected chi connectivity index (χ4v) is 6.23. The van der Waals surface area contributed by atoms with Gasteiger partial charge in [0.25, 0.3) is 0 Å². The first kappa shape index (κ1) is 27.7. The molecule has 1 aliphatic heterocycles. The third-order valence-electron chi connectivity index (χ3n) is 6.86. The first-order chi connectivity index (χ1) is 18.9. The van der Waals surface area contributed by atoms with E-state index in [2.05, 4.69) is 4.72 Å². The number of sulfonamides is 1. The molecular weight excluding hydrogens is 547 g/mol. The molecule has 1 saturated heterocycles. The van der Waals surface area contributed by atoms with Gasteiger partial charge in [0, 0.05) is 24.7 Å². The second-order valence-electron chi connectivity index (χ2n) is 9.60. The van der Waals surface area contributed by atoms with E-state index in [1.54, 1.807) is 18.7 Å². The fourth-order valence-electron chi connectivity index (χ4n) is 4.96. The monoisotopic (exact) mass is 575 g/mol. The summed E-state index contributed by atoms with van der Waals surface area (Å²) in [5.74, 6) is 1.18. The van der Waals surface area contributed by atoms with Gasteiger partial charge in [0.1, 0.15) is 0 Å². The average molecular weight is 576 g/mol. The van der Waals surface area contributed by atoms with Crippen LogP contribution in [-0.4, -0.2) is 56.4 Å². The molecule has 1 atom stereocenters. The van der Waals surface area contributed by atoms with Gasteiger partial charge in [-0.2, -0.15) is 18.3 Å². The van der Waals surface area contributed by atoms with E-state index in [0.29, 0.717) is 36.7 Å². The van der Waals surface area contributed by atoms with Crippen molar-refractivity contribution < 1.29 is 31.1 Å². The van der Waals surface area contributed by atoms with Crippen molar-refractivity contribution in [3.8, 4) is 22.8 Å². The first-order valence-corrected chi connectivity index (χ1v) is 13.9. The Hall–Kier alpha value is -3.84. The number of rotatable bonds is 7. The lowest BCUT2D eigenvalue weighted by atomic mass is 10.1. The number of nitrogens with zero attached hydrogens (tertiary/aromatic N) is 4. The predicted octanol–water partition coefficient (Wildman–Crippen LogP) is 4.61. The van der Waals surface area contributed by atoms with Crippen LogP contribution in [0.5, 0.6) is 11.5 Å². The van der Waals surface area contributed by atoms with E-state index in [-0.39, 0.29) is 4.90 Å². The molecule has 0 spiro atoms. The summed E-state index contributed by atoms with van der Waals surface area (Å²) in [6, 6.07) is 10.5. The van der Waals surface area contributed by atoms with Gasteiger partial charge in [-0.25, -0.2) is 22.6 Å². The quantitative estimate of drug-likeness (QED) is 0.344. The number of ether oxygens (including phenoxy) is 2. The molecule has 13 heteroatoms. The van der Waals surface area contributed by atoms with Crippen molar-refractivity contribution in [2.45, 2.75) is 37.4 Å². The Kier molecular flexibility index (Phi) is 7.13. The molecule has 0 bridgehead atoms. The topological polar surface area (TPSA) is 98.1 Å². The molecule has 40 heavy (non-hydrogen) atoms. The summed E-state index contributed by atoms with van der Waals surface area (Å²) in [6.07, 6.45) is -4.03. The van der Waals surface area contributed by atoms with Crippen LogP contribution in [0.15, 0.2) is 53.4 Å². The summed E-state index contributed by atoms with van der Waals surface area (Å²) in [5.41, 5.74) is 3.66. The maximum absolute atomic E-state index is 12.9. The summed E-state index contributed by atoms with van der Waals surface area (Å²) >= 11 is 0. The largest absolute Gasteiger partial charge is 0.493 e. The molecule has 0 radical (unpaired) electrons. The number of aromatic nitrogens is 3. The van der Waals surface area contributed by atoms with Crippen molar-refractivity contribution in [2.75, 3.05) is 32.2 Å². The lowest BCUT2D eigenvalue weighted by Gasteiger charge is -2.20. The van der Waals surface area contributed by atoms with Crippen molar-refractivity contribution in [1.29, 1.82) is 0 Å². The molecule has 1 N–H and O–H groups in total. The Morgan fingerprint density at radius 1 is 1.00 bits per heavy atom. The lowest BCUT2D eigenvalue weighted by Crippen LogP contribution is -2.37. The van der Waals surface area contributed by atoms with Gasteiger partial charge >= 0.3 is 6.18 Å². The maximum atomic E-state index is 12.9. The van der Waals surface area contributed by atoms with Crippen LogP contribution in [0.1, 0.15) is 23.4 Å². The molecule has 1 fully saturated rings. The van der Waals surface area contributed by atoms with E-state index in [1.807, 2.05) is 43.0 Å². The maximum Gasteiger partial charge on any atom is 0.416 e. The minimum atomic E-state index is -4.54. The Labute approximate surface area is 229 Å². The molecule has 0 saturated carbocycles. The molecule has 2 aromatic heterocycles. The van der Waals surface area contributed by atoms with Gasteiger partial charge in [-0.3, -0.25) is 0 Å². The number of fused-ring (bicyclic) bond motifs is 1. The smallest absolute Gasteiger partial charge is 0.416 e. The zero-order chi connectivity index (χ0) is 28.8. The zero-order valence-electron chi connectivity index (χ0n) is 22.3. The highest BCUT2D eigenvalue weighted by Crippen LogP contribution is 2.36. The average Bonchev–Trinajstić information content (AvgIpc) is 3.50. The highest BCUT2D eigenvalue weighted by Gasteiger charge is 2.32. The molecule has 1 aliphatic rings. The molecule has 9 nitrogen and oxygen atoms in total. The third kappa shape index (κ3) is 5.18. The summed E-state index contributed by atoms with van der Waals surface area (Å²) in [7, 11) is -0.873. The van der Waals surface area contributed by atoms with Crippen LogP contribution in [-0.2, 0) is 16.2 Å². The van der Waals surface area contributed by atoms with Gasteiger partial charge < -0.3 is 14.4 Å². The van der Waals surface area contributed by atoms with E-state index in [0.717, 1.165) is 52.6 Å². The van der Waals surface area contributed by atoms with Crippen molar-refractivity contribution >= 4 is 21.4 Å². The molecule has 5 rings (SSSR count). The molecule has 3 heterocycles. The number of hydrogen-bond donors (Lipinski definition) is 1. The van der Waals surface area contributed by atoms with Crippen molar-refractivity contribution in [3.05, 3.63) is 65.5 Å². The minimum absolute atomic E-state index is 0.218. The van der Waals surface area contributed by atoms with Gasteiger partial charge in [-0.1, -0.05) is 0 Å². The van der Waals surface area contributed by atoms with Gasteiger partial charge in [-0.05, 0) is 68.8 Å². The van der Waals surface area contributed by atoms with Crippen molar-refractivity contribution in [3.63, 3.8) is 0 Å². The van der Waals surface area contributed by atoms with Crippen LogP contribution in [0.4, 0.5) is 18.9 Å². The number of alkyl halides is 3. The summed E-state index contributed by atoms with van der Waals surface area (Å²) in [6.45, 7) is 4.68. The zero-order valence-corrected chi connectivity index (χ0v) is 23.1. The third-order valence-corrected chi connectivity index (χ3v) is 8.40. The highest BCUT2D eigenvalue weighted by atomic mass is 32.2. The van der Waals surface area contributed by atoms with Crippen molar-refractivity contribution in [2.24, 2.45) is 0 Å². The van der Waals surface area contributed by atoms with Crippen LogP contribution in [0, 0.1) is 13.8 Å². The molecule has 0 aliphatic carbocycles. The fraction of sp³-hybridized carbons (Fsp3) is 0.333. The van der Waals surface area contributed by atoms with Gasteiger partial charge in [-0.15, -0.1) is 0 Å². The number of halogens is 3. The molecule has 0 amide bonds. The molecular formula is C27H28F3N5O4S. The molecule has 2 aromatic carbocycles. The van der Waals surface area contributed by atoms with Gasteiger partial charge in [0.15, 0.2) is 17.1 Å². The standard InChI is InChI=1S/C27H28F3N5O4S/c1-16-13-22(26-31-17(2)25(35(26)32-16)18-5-10-23(38-3)24(14-18)39-4)34-12-11-20(15-34)33-40(36,37)21-8-6-19(7-9-21)27(28,29)30/h5-10,13-14,20,33H,11-12,15H2,1-4H3/t20-/m1/s1. The normalized spacial score (nSPS) is 16.1. The highest BCUT2D eigenvalue weighted by molar-refractivity contribution is 7.89. The summed E-state index contributed by atoms with van der Waals surface area (Å²) in [4.78, 5) is 6.62. The van der Waals surface area contributed by atoms with Crippen LogP contribution in [0.3, 0.4) is 0 Å². The number of hydrogen-bond acceptors (Lipinski definition) is 7. The molecule has 4 aromatic rings. The number of nitrogens with one attached hydrogen (secondary N) is 1. The van der Waals surface area contributed by atoms with Crippen LogP contribution in [0.2, 0.25) is 0 Å². The molecule has 0 unspecified atom stereocenters. The van der Waals surface area contributed by atoms with E-state index in [1.165, 1.54) is 0 Å². The molecule has 212 valence electrons. The second-order valence-corrected chi connectivity index (χ2v) is 11.3. The Morgan fingerprint density at radius 2 is 1.70 bits per heavy atom. The Balaban J connectivity index is 1.42. The SMILES string of the molecule is COc1ccc(-c2c(C)nc3c(N4CC[C@@H](NS(=O)(=O)c5ccc(C(F)(F)F)cc5)C4)cc(C)nn23)cc1OC. The van der Waals surface area contributed by atoms with Crippen LogP contribution < -0.4 is 19.1 Å². The van der Waals surface area contributed by atoms with Crippen molar-refractivity contribution in [1.82, 2.24) is 19.3 Å². The number of methoxy groups -OCH3 is 2. The van der Waals surface area contributed by atoms with E-state index in [4.69, 9.17) is 19.6 Å². The minimum Gasteiger partial charge on any atom is -0.493 e. The van der Waals surface area contributed by atoms with Crippen LogP contribution >= 0.6 is 0 Å². The first-order valence-electron chi connectivity index (χ1n) is 12.4. The van der Waals surface area contributed by atoms with E-state index in [9.17, 15) is 21.6 Å². The number of benzene rings is 2. The number of imidazole rings is 1. The van der Waals surface area contributed by atoms with Gasteiger partial charge in [0.05, 0.1) is 47.4 Å². The second kappa shape index (κ2) is 10.3. The number of aryl methyl sites for hydroxylation is 2. The Morgan fingerprint density at radius 3 is 2.35 bits per heavy atom. The predicted molar refractivity (Wildman–Crippen MR) is 143 cm³/mol. The number of anilines is 1. The van der Waals surface area contributed by atoms with Gasteiger partial charge in [0.2, 0.25) is 10.0 Å². The summed E-state index contributed by atoms with van der Waals surface area (Å²) < 4.78 is 79.7. The van der Waals surface area contributed by atoms with Crippen LogP contribution in [0.25, 0.3) is 16.9 Å². The Bertz CT molecular complexity index is 1670. The van der Waals surface area contributed by atoms with E-state index < -0.39 is 27.8 Å².